The monoisotopic (exact) mass is 445 g/mol. The predicted octanol–water partition coefficient (Wildman–Crippen LogP) is 3.77. The normalized spacial score (nSPS) is 15.5. The summed E-state index contributed by atoms with van der Waals surface area (Å²) in [4.78, 5) is 15.0. The number of amides is 1. The molecule has 1 unspecified atom stereocenters. The molecule has 2 aromatic rings. The highest BCUT2D eigenvalue weighted by Crippen LogP contribution is 2.25. The van der Waals surface area contributed by atoms with Crippen molar-refractivity contribution >= 4 is 23.6 Å². The fourth-order valence-electron chi connectivity index (χ4n) is 3.71. The molecule has 0 spiro atoms. The van der Waals surface area contributed by atoms with Gasteiger partial charge in [-0.25, -0.2) is 0 Å². The second-order valence-corrected chi connectivity index (χ2v) is 9.78. The molecule has 1 amide bonds. The van der Waals surface area contributed by atoms with Crippen LogP contribution in [0.3, 0.4) is 0 Å². The Morgan fingerprint density at radius 2 is 1.81 bits per heavy atom. The summed E-state index contributed by atoms with van der Waals surface area (Å²) in [6.07, 6.45) is 0.908. The first-order valence-corrected chi connectivity index (χ1v) is 12.2. The van der Waals surface area contributed by atoms with Gasteiger partial charge in [-0.3, -0.25) is 9.36 Å². The molecule has 0 saturated carbocycles. The molecule has 0 bridgehead atoms. The maximum atomic E-state index is 12.8. The second kappa shape index (κ2) is 11.5. The van der Waals surface area contributed by atoms with E-state index in [1.165, 1.54) is 11.8 Å². The van der Waals surface area contributed by atoms with Gasteiger partial charge in [-0.1, -0.05) is 69.8 Å². The minimum absolute atomic E-state index is 0.0199. The van der Waals surface area contributed by atoms with Gasteiger partial charge in [0.1, 0.15) is 0 Å². The maximum Gasteiger partial charge on any atom is 0.230 e. The Morgan fingerprint density at radius 1 is 1.10 bits per heavy atom. The molecule has 8 heteroatoms. The van der Waals surface area contributed by atoms with E-state index in [0.717, 1.165) is 42.7 Å². The minimum atomic E-state index is 0.0199. The van der Waals surface area contributed by atoms with Gasteiger partial charge in [0.25, 0.3) is 0 Å². The van der Waals surface area contributed by atoms with Crippen molar-refractivity contribution in [3.05, 3.63) is 35.9 Å². The standard InChI is InChI=1S/C23H35N5O2S/c1-17(2)14-20(19-8-6-5-7-9-19)24-21(29)16-31-23-26-25-22(28(23)15-18(3)4)27-10-12-30-13-11-27/h5-9,17-18,20H,10-16H2,1-4H3,(H,24,29). The van der Waals surface area contributed by atoms with Crippen molar-refractivity contribution in [3.8, 4) is 0 Å². The molecule has 1 aromatic carbocycles. The summed E-state index contributed by atoms with van der Waals surface area (Å²) in [6.45, 7) is 12.6. The Hall–Kier alpha value is -2.06. The minimum Gasteiger partial charge on any atom is -0.378 e. The number of carbonyl (C=O) groups excluding carboxylic acids is 1. The maximum absolute atomic E-state index is 12.8. The van der Waals surface area contributed by atoms with Crippen molar-refractivity contribution in [3.63, 3.8) is 0 Å². The highest BCUT2D eigenvalue weighted by molar-refractivity contribution is 7.99. The quantitative estimate of drug-likeness (QED) is 0.562. The Labute approximate surface area is 189 Å². The summed E-state index contributed by atoms with van der Waals surface area (Å²) in [5, 5.41) is 12.9. The topological polar surface area (TPSA) is 72.3 Å². The summed E-state index contributed by atoms with van der Waals surface area (Å²) in [5.74, 6) is 2.16. The number of aromatic nitrogens is 3. The third-order valence-electron chi connectivity index (χ3n) is 5.12. The van der Waals surface area contributed by atoms with Crippen molar-refractivity contribution in [1.82, 2.24) is 20.1 Å². The Kier molecular flexibility index (Phi) is 8.78. The van der Waals surface area contributed by atoms with Crippen LogP contribution in [0.15, 0.2) is 35.5 Å². The number of hydrogen-bond donors (Lipinski definition) is 1. The Morgan fingerprint density at radius 3 is 2.45 bits per heavy atom. The van der Waals surface area contributed by atoms with Crippen LogP contribution in [-0.4, -0.2) is 52.7 Å². The van der Waals surface area contributed by atoms with Crippen LogP contribution in [0, 0.1) is 11.8 Å². The lowest BCUT2D eigenvalue weighted by atomic mass is 9.97. The molecular weight excluding hydrogens is 410 g/mol. The molecule has 2 heterocycles. The molecule has 7 nitrogen and oxygen atoms in total. The lowest BCUT2D eigenvalue weighted by Crippen LogP contribution is -2.38. The molecule has 1 aliphatic heterocycles. The average molecular weight is 446 g/mol. The van der Waals surface area contributed by atoms with Crippen molar-refractivity contribution in [2.45, 2.75) is 51.9 Å². The van der Waals surface area contributed by atoms with E-state index in [2.05, 4.69) is 64.8 Å². The van der Waals surface area contributed by atoms with Crippen LogP contribution in [0.4, 0.5) is 5.95 Å². The Balaban J connectivity index is 1.66. The zero-order chi connectivity index (χ0) is 22.2. The number of ether oxygens (including phenoxy) is 1. The van der Waals surface area contributed by atoms with Gasteiger partial charge in [0.15, 0.2) is 5.16 Å². The zero-order valence-corrected chi connectivity index (χ0v) is 19.9. The molecule has 31 heavy (non-hydrogen) atoms. The number of rotatable bonds is 10. The van der Waals surface area contributed by atoms with Crippen molar-refractivity contribution in [1.29, 1.82) is 0 Å². The number of carbonyl (C=O) groups is 1. The van der Waals surface area contributed by atoms with Crippen LogP contribution in [0.5, 0.6) is 0 Å². The molecule has 1 fully saturated rings. The number of nitrogens with one attached hydrogen (secondary N) is 1. The van der Waals surface area contributed by atoms with E-state index in [9.17, 15) is 4.79 Å². The predicted molar refractivity (Wildman–Crippen MR) is 125 cm³/mol. The first-order valence-electron chi connectivity index (χ1n) is 11.2. The third kappa shape index (κ3) is 6.97. The SMILES string of the molecule is CC(C)CC(NC(=O)CSc1nnc(N2CCOCC2)n1CC(C)C)c1ccccc1. The van der Waals surface area contributed by atoms with Crippen LogP contribution < -0.4 is 10.2 Å². The fraction of sp³-hybridized carbons (Fsp3) is 0.609. The summed E-state index contributed by atoms with van der Waals surface area (Å²) in [7, 11) is 0. The highest BCUT2D eigenvalue weighted by atomic mass is 32.2. The van der Waals surface area contributed by atoms with Crippen LogP contribution in [0.2, 0.25) is 0 Å². The number of hydrogen-bond acceptors (Lipinski definition) is 6. The van der Waals surface area contributed by atoms with Crippen LogP contribution in [-0.2, 0) is 16.1 Å². The zero-order valence-electron chi connectivity index (χ0n) is 19.1. The molecule has 3 rings (SSSR count). The molecule has 1 aliphatic rings. The largest absolute Gasteiger partial charge is 0.378 e. The highest BCUT2D eigenvalue weighted by Gasteiger charge is 2.22. The van der Waals surface area contributed by atoms with Gasteiger partial charge < -0.3 is 15.0 Å². The summed E-state index contributed by atoms with van der Waals surface area (Å²) in [6, 6.07) is 10.2. The van der Waals surface area contributed by atoms with Crippen molar-refractivity contribution < 1.29 is 9.53 Å². The molecule has 0 aliphatic carbocycles. The summed E-state index contributed by atoms with van der Waals surface area (Å²) < 4.78 is 7.62. The van der Waals surface area contributed by atoms with E-state index in [0.29, 0.717) is 30.8 Å². The fourth-order valence-corrected chi connectivity index (χ4v) is 4.47. The molecule has 1 atom stereocenters. The van der Waals surface area contributed by atoms with Gasteiger partial charge >= 0.3 is 0 Å². The van der Waals surface area contributed by atoms with E-state index in [-0.39, 0.29) is 11.9 Å². The first-order chi connectivity index (χ1) is 14.9. The molecule has 1 aromatic heterocycles. The molecule has 1 saturated heterocycles. The number of morpholine rings is 1. The lowest BCUT2D eigenvalue weighted by Gasteiger charge is -2.28. The molecular formula is C23H35N5O2S. The molecule has 0 radical (unpaired) electrons. The Bertz CT molecular complexity index is 819. The van der Waals surface area contributed by atoms with Crippen LogP contribution in [0.25, 0.3) is 0 Å². The van der Waals surface area contributed by atoms with E-state index < -0.39 is 0 Å². The van der Waals surface area contributed by atoms with Gasteiger partial charge in [0.2, 0.25) is 11.9 Å². The van der Waals surface area contributed by atoms with Gasteiger partial charge in [-0.2, -0.15) is 0 Å². The smallest absolute Gasteiger partial charge is 0.230 e. The van der Waals surface area contributed by atoms with E-state index in [4.69, 9.17) is 4.74 Å². The van der Waals surface area contributed by atoms with Gasteiger partial charge in [0.05, 0.1) is 25.0 Å². The summed E-state index contributed by atoms with van der Waals surface area (Å²) >= 11 is 1.46. The second-order valence-electron chi connectivity index (χ2n) is 8.84. The van der Waals surface area contributed by atoms with E-state index >= 15 is 0 Å². The number of anilines is 1. The van der Waals surface area contributed by atoms with Crippen LogP contribution >= 0.6 is 11.8 Å². The number of thioether (sulfide) groups is 1. The first kappa shape index (κ1) is 23.6. The third-order valence-corrected chi connectivity index (χ3v) is 6.08. The summed E-state index contributed by atoms with van der Waals surface area (Å²) in [5.41, 5.74) is 1.15. The van der Waals surface area contributed by atoms with Gasteiger partial charge in [-0.05, 0) is 23.8 Å². The van der Waals surface area contributed by atoms with Gasteiger partial charge in [-0.15, -0.1) is 10.2 Å². The van der Waals surface area contributed by atoms with Crippen molar-refractivity contribution in [2.75, 3.05) is 37.0 Å². The lowest BCUT2D eigenvalue weighted by molar-refractivity contribution is -0.119. The van der Waals surface area contributed by atoms with Gasteiger partial charge in [0, 0.05) is 19.6 Å². The van der Waals surface area contributed by atoms with E-state index in [1.54, 1.807) is 0 Å². The molecule has 1 N–H and O–H groups in total. The van der Waals surface area contributed by atoms with Crippen molar-refractivity contribution in [2.24, 2.45) is 11.8 Å². The number of benzene rings is 1. The average Bonchev–Trinajstić information content (AvgIpc) is 3.14. The van der Waals surface area contributed by atoms with E-state index in [1.807, 2.05) is 18.2 Å². The molecule has 170 valence electrons. The van der Waals surface area contributed by atoms with Crippen LogP contribution in [0.1, 0.15) is 45.7 Å². The number of nitrogens with zero attached hydrogens (tertiary/aromatic N) is 4.